The fourth-order valence-electron chi connectivity index (χ4n) is 1.62. The summed E-state index contributed by atoms with van der Waals surface area (Å²) in [6, 6.07) is 0. The molecule has 1 aromatic rings. The third-order valence-corrected chi connectivity index (χ3v) is 4.66. The molecule has 2 heterocycles. The van der Waals surface area contributed by atoms with Crippen LogP contribution in [0, 0.1) is 0 Å². The number of hydrogen-bond donors (Lipinski definition) is 1. The molecule has 0 spiro atoms. The van der Waals surface area contributed by atoms with Gasteiger partial charge in [-0.3, -0.25) is 0 Å². The van der Waals surface area contributed by atoms with Crippen molar-refractivity contribution in [2.45, 2.75) is 35.9 Å². The van der Waals surface area contributed by atoms with E-state index in [1.807, 2.05) is 0 Å². The molecule has 1 aliphatic heterocycles. The molecule has 1 aliphatic rings. The summed E-state index contributed by atoms with van der Waals surface area (Å²) in [5, 5.41) is 9.94. The van der Waals surface area contributed by atoms with Crippen LogP contribution < -0.4 is 5.32 Å². The van der Waals surface area contributed by atoms with Crippen molar-refractivity contribution in [3.63, 3.8) is 0 Å². The van der Waals surface area contributed by atoms with E-state index in [0.717, 1.165) is 36.5 Å². The van der Waals surface area contributed by atoms with Crippen LogP contribution in [0.1, 0.15) is 19.3 Å². The van der Waals surface area contributed by atoms with E-state index < -0.39 is 12.7 Å². The lowest BCUT2D eigenvalue weighted by molar-refractivity contribution is -0.115. The molecular formula is C10H14F3N3OS2. The van der Waals surface area contributed by atoms with E-state index in [0.29, 0.717) is 4.34 Å². The first-order valence-electron chi connectivity index (χ1n) is 5.91. The fourth-order valence-corrected chi connectivity index (χ4v) is 3.46. The monoisotopic (exact) mass is 313 g/mol. The lowest BCUT2D eigenvalue weighted by Crippen LogP contribution is -2.21. The maximum Gasteiger partial charge on any atom is 0.405 e. The van der Waals surface area contributed by atoms with E-state index in [-0.39, 0.29) is 11.2 Å². The first kappa shape index (κ1) is 14.9. The third kappa shape index (κ3) is 5.53. The molecule has 1 atom stereocenters. The average molecular weight is 313 g/mol. The molecule has 0 unspecified atom stereocenters. The predicted molar refractivity (Wildman–Crippen MR) is 68.8 cm³/mol. The van der Waals surface area contributed by atoms with Gasteiger partial charge in [-0.15, -0.1) is 10.2 Å². The zero-order valence-corrected chi connectivity index (χ0v) is 11.7. The second-order valence-corrected chi connectivity index (χ2v) is 6.39. The number of aromatic nitrogens is 2. The van der Waals surface area contributed by atoms with Gasteiger partial charge in [0.1, 0.15) is 6.54 Å². The van der Waals surface area contributed by atoms with Crippen molar-refractivity contribution in [2.24, 2.45) is 0 Å². The van der Waals surface area contributed by atoms with E-state index in [4.69, 9.17) is 4.74 Å². The van der Waals surface area contributed by atoms with Crippen LogP contribution in [0.2, 0.25) is 0 Å². The van der Waals surface area contributed by atoms with Gasteiger partial charge in [-0.25, -0.2) is 0 Å². The average Bonchev–Trinajstić information content (AvgIpc) is 2.82. The van der Waals surface area contributed by atoms with Crippen LogP contribution in [0.4, 0.5) is 18.3 Å². The summed E-state index contributed by atoms with van der Waals surface area (Å²) in [6.45, 7) is -0.294. The number of nitrogens with zero attached hydrogens (tertiary/aromatic N) is 2. The van der Waals surface area contributed by atoms with Crippen molar-refractivity contribution < 1.29 is 17.9 Å². The summed E-state index contributed by atoms with van der Waals surface area (Å²) < 4.78 is 42.3. The summed E-state index contributed by atoms with van der Waals surface area (Å²) >= 11 is 2.62. The molecule has 4 nitrogen and oxygen atoms in total. The number of ether oxygens (including phenoxy) is 1. The number of hydrogen-bond acceptors (Lipinski definition) is 6. The summed E-state index contributed by atoms with van der Waals surface area (Å²) in [4.78, 5) is 0. The molecule has 1 aromatic heterocycles. The van der Waals surface area contributed by atoms with E-state index in [1.54, 1.807) is 0 Å². The molecule has 0 aliphatic carbocycles. The van der Waals surface area contributed by atoms with Gasteiger partial charge in [-0.05, 0) is 19.3 Å². The molecule has 0 amide bonds. The molecule has 1 saturated heterocycles. The highest BCUT2D eigenvalue weighted by Gasteiger charge is 2.27. The molecule has 0 saturated carbocycles. The Hall–Kier alpha value is -0.540. The molecule has 0 bridgehead atoms. The number of alkyl halides is 3. The summed E-state index contributed by atoms with van der Waals surface area (Å²) in [5.41, 5.74) is 0. The van der Waals surface area contributed by atoms with E-state index >= 15 is 0 Å². The lowest BCUT2D eigenvalue weighted by Gasteiger charge is -2.21. The molecule has 108 valence electrons. The molecular weight excluding hydrogens is 299 g/mol. The van der Waals surface area contributed by atoms with Gasteiger partial charge in [0.2, 0.25) is 5.13 Å². The van der Waals surface area contributed by atoms with Crippen molar-refractivity contribution in [1.29, 1.82) is 0 Å². The molecule has 9 heteroatoms. The first-order chi connectivity index (χ1) is 9.03. The Labute approximate surface area is 117 Å². The van der Waals surface area contributed by atoms with Crippen molar-refractivity contribution >= 4 is 28.2 Å². The maximum absolute atomic E-state index is 12.0. The number of nitrogens with one attached hydrogen (secondary N) is 1. The summed E-state index contributed by atoms with van der Waals surface area (Å²) in [5.74, 6) is 0.772. The van der Waals surface area contributed by atoms with Gasteiger partial charge in [0.15, 0.2) is 4.34 Å². The zero-order valence-electron chi connectivity index (χ0n) is 10.1. The Morgan fingerprint density at radius 1 is 1.37 bits per heavy atom. The number of anilines is 1. The van der Waals surface area contributed by atoms with Gasteiger partial charge in [0.05, 0.1) is 6.10 Å². The third-order valence-electron chi connectivity index (χ3n) is 2.51. The molecule has 1 fully saturated rings. The van der Waals surface area contributed by atoms with Gasteiger partial charge in [-0.1, -0.05) is 23.1 Å². The van der Waals surface area contributed by atoms with Crippen LogP contribution >= 0.6 is 23.1 Å². The minimum atomic E-state index is -4.24. The topological polar surface area (TPSA) is 47.0 Å². The van der Waals surface area contributed by atoms with Gasteiger partial charge < -0.3 is 10.1 Å². The van der Waals surface area contributed by atoms with Gasteiger partial charge in [0, 0.05) is 12.4 Å². The molecule has 19 heavy (non-hydrogen) atoms. The quantitative estimate of drug-likeness (QED) is 0.846. The van der Waals surface area contributed by atoms with Crippen LogP contribution in [0.25, 0.3) is 0 Å². The highest BCUT2D eigenvalue weighted by atomic mass is 32.2. The fraction of sp³-hybridized carbons (Fsp3) is 0.800. The second kappa shape index (κ2) is 6.76. The van der Waals surface area contributed by atoms with Crippen molar-refractivity contribution in [3.05, 3.63) is 0 Å². The lowest BCUT2D eigenvalue weighted by atomic mass is 10.1. The molecule has 0 aromatic carbocycles. The highest BCUT2D eigenvalue weighted by Crippen LogP contribution is 2.28. The van der Waals surface area contributed by atoms with Gasteiger partial charge >= 0.3 is 6.18 Å². The summed E-state index contributed by atoms with van der Waals surface area (Å²) in [7, 11) is 0. The van der Waals surface area contributed by atoms with Crippen LogP contribution in [0.3, 0.4) is 0 Å². The summed E-state index contributed by atoms with van der Waals surface area (Å²) in [6.07, 6.45) is -0.722. The van der Waals surface area contributed by atoms with Crippen molar-refractivity contribution in [3.8, 4) is 0 Å². The molecule has 0 radical (unpaired) electrons. The minimum absolute atomic E-state index is 0.199. The number of rotatable bonds is 5. The Morgan fingerprint density at radius 3 is 2.89 bits per heavy atom. The molecule has 1 N–H and O–H groups in total. The van der Waals surface area contributed by atoms with Gasteiger partial charge in [0.25, 0.3) is 0 Å². The number of halogens is 3. The van der Waals surface area contributed by atoms with Crippen LogP contribution in [-0.4, -0.2) is 41.4 Å². The Balaban J connectivity index is 1.74. The van der Waals surface area contributed by atoms with E-state index in [1.165, 1.54) is 18.2 Å². The normalized spacial score (nSPS) is 20.5. The highest BCUT2D eigenvalue weighted by molar-refractivity contribution is 8.01. The van der Waals surface area contributed by atoms with Crippen LogP contribution in [-0.2, 0) is 4.74 Å². The molecule has 2 rings (SSSR count). The Kier molecular flexibility index (Phi) is 5.28. The van der Waals surface area contributed by atoms with Crippen LogP contribution in [0.5, 0.6) is 0 Å². The second-order valence-electron chi connectivity index (χ2n) is 4.14. The predicted octanol–water partition coefficient (Wildman–Crippen LogP) is 3.17. The minimum Gasteiger partial charge on any atom is -0.377 e. The maximum atomic E-state index is 12.0. The smallest absolute Gasteiger partial charge is 0.377 e. The zero-order chi connectivity index (χ0) is 13.7. The standard InChI is InChI=1S/C10H14F3N3OS2/c11-10(12,13)6-14-8-15-16-9(19-8)18-5-7-3-1-2-4-17-7/h7H,1-6H2,(H,14,15)/t7-/m0/s1. The largest absolute Gasteiger partial charge is 0.405 e. The SMILES string of the molecule is FC(F)(F)CNc1nnc(SC[C@@H]2CCCCO2)s1. The van der Waals surface area contributed by atoms with E-state index in [2.05, 4.69) is 15.5 Å². The van der Waals surface area contributed by atoms with Crippen LogP contribution in [0.15, 0.2) is 4.34 Å². The first-order valence-corrected chi connectivity index (χ1v) is 7.72. The van der Waals surface area contributed by atoms with E-state index in [9.17, 15) is 13.2 Å². The Morgan fingerprint density at radius 2 is 2.21 bits per heavy atom. The Bertz CT molecular complexity index is 394. The van der Waals surface area contributed by atoms with Crippen molar-refractivity contribution in [2.75, 3.05) is 24.2 Å². The number of thioether (sulfide) groups is 1. The van der Waals surface area contributed by atoms with Crippen molar-refractivity contribution in [1.82, 2.24) is 10.2 Å². The van der Waals surface area contributed by atoms with Gasteiger partial charge in [-0.2, -0.15) is 13.2 Å².